The molecule has 0 aliphatic heterocycles. The Morgan fingerprint density at radius 1 is 1.42 bits per heavy atom. The summed E-state index contributed by atoms with van der Waals surface area (Å²) >= 11 is 0. The number of carboxylic acid groups (broad SMARTS) is 1. The molecule has 19 heavy (non-hydrogen) atoms. The van der Waals surface area contributed by atoms with E-state index in [1.807, 2.05) is 0 Å². The molecule has 1 rings (SSSR count). The number of aliphatic hydroxyl groups excluding tert-OH is 1. The highest BCUT2D eigenvalue weighted by Crippen LogP contribution is 2.15. The molecule has 6 nitrogen and oxygen atoms in total. The van der Waals surface area contributed by atoms with Gasteiger partial charge in [0.1, 0.15) is 5.82 Å². The molecule has 1 aromatic carbocycles. The van der Waals surface area contributed by atoms with Crippen molar-refractivity contribution < 1.29 is 24.2 Å². The zero-order valence-electron chi connectivity index (χ0n) is 10.4. The Kier molecular flexibility index (Phi) is 5.25. The van der Waals surface area contributed by atoms with Crippen LogP contribution in [0.5, 0.6) is 0 Å². The molecule has 0 saturated heterocycles. The summed E-state index contributed by atoms with van der Waals surface area (Å²) < 4.78 is 13.2. The molecule has 0 fully saturated rings. The molecule has 0 heterocycles. The number of carboxylic acids is 1. The second kappa shape index (κ2) is 6.69. The lowest BCUT2D eigenvalue weighted by Gasteiger charge is -2.17. The van der Waals surface area contributed by atoms with Crippen molar-refractivity contribution in [2.24, 2.45) is 0 Å². The van der Waals surface area contributed by atoms with Crippen LogP contribution in [0.15, 0.2) is 18.2 Å². The van der Waals surface area contributed by atoms with Crippen LogP contribution in [0.1, 0.15) is 16.8 Å². The molecule has 0 aliphatic rings. The lowest BCUT2D eigenvalue weighted by molar-refractivity contribution is 0.0692. The van der Waals surface area contributed by atoms with Crippen LogP contribution in [-0.4, -0.2) is 47.3 Å². The van der Waals surface area contributed by atoms with E-state index in [1.165, 1.54) is 18.0 Å². The molecular weight excluding hydrogens is 255 g/mol. The molecule has 1 aromatic rings. The summed E-state index contributed by atoms with van der Waals surface area (Å²) in [5.74, 6) is -2.26. The molecule has 0 unspecified atom stereocenters. The first-order valence-corrected chi connectivity index (χ1v) is 5.61. The number of hydrogen-bond acceptors (Lipinski definition) is 3. The van der Waals surface area contributed by atoms with Crippen molar-refractivity contribution >= 4 is 17.7 Å². The minimum absolute atomic E-state index is 0.0304. The molecule has 0 saturated carbocycles. The van der Waals surface area contributed by atoms with Gasteiger partial charge in [0, 0.05) is 25.9 Å². The molecule has 7 heteroatoms. The minimum Gasteiger partial charge on any atom is -0.478 e. The van der Waals surface area contributed by atoms with Crippen LogP contribution in [0.4, 0.5) is 14.9 Å². The summed E-state index contributed by atoms with van der Waals surface area (Å²) in [5, 5.41) is 19.9. The first-order chi connectivity index (χ1) is 8.95. The maximum Gasteiger partial charge on any atom is 0.338 e. The van der Waals surface area contributed by atoms with E-state index in [-0.39, 0.29) is 12.3 Å². The first-order valence-electron chi connectivity index (χ1n) is 5.61. The van der Waals surface area contributed by atoms with E-state index < -0.39 is 23.4 Å². The summed E-state index contributed by atoms with van der Waals surface area (Å²) in [7, 11) is 1.53. The summed E-state index contributed by atoms with van der Waals surface area (Å²) in [6.07, 6.45) is 0.438. The van der Waals surface area contributed by atoms with Gasteiger partial charge in [-0.15, -0.1) is 0 Å². The Balaban J connectivity index is 2.74. The van der Waals surface area contributed by atoms with Gasteiger partial charge in [0.25, 0.3) is 0 Å². The number of halogens is 1. The van der Waals surface area contributed by atoms with Crippen LogP contribution in [0.3, 0.4) is 0 Å². The Hall–Kier alpha value is -2.15. The van der Waals surface area contributed by atoms with Crippen molar-refractivity contribution in [3.63, 3.8) is 0 Å². The second-order valence-electron chi connectivity index (χ2n) is 3.93. The minimum atomic E-state index is -1.40. The Labute approximate surface area is 109 Å². The summed E-state index contributed by atoms with van der Waals surface area (Å²) in [6.45, 7) is 0.326. The van der Waals surface area contributed by atoms with Crippen LogP contribution in [0, 0.1) is 5.82 Å². The van der Waals surface area contributed by atoms with Crippen molar-refractivity contribution in [3.8, 4) is 0 Å². The molecule has 0 aromatic heterocycles. The van der Waals surface area contributed by atoms with Crippen LogP contribution >= 0.6 is 0 Å². The van der Waals surface area contributed by atoms with Crippen LogP contribution in [0.25, 0.3) is 0 Å². The highest BCUT2D eigenvalue weighted by Gasteiger charge is 2.13. The maximum absolute atomic E-state index is 13.2. The predicted octanol–water partition coefficient (Wildman–Crippen LogP) is 1.37. The quantitative estimate of drug-likeness (QED) is 0.753. The fourth-order valence-corrected chi connectivity index (χ4v) is 1.40. The number of carbonyl (C=O) groups is 2. The number of benzene rings is 1. The average molecular weight is 270 g/mol. The van der Waals surface area contributed by atoms with Gasteiger partial charge in [0.2, 0.25) is 0 Å². The fourth-order valence-electron chi connectivity index (χ4n) is 1.40. The molecular formula is C12H15FN2O4. The highest BCUT2D eigenvalue weighted by atomic mass is 19.1. The summed E-state index contributed by atoms with van der Waals surface area (Å²) in [4.78, 5) is 23.8. The maximum atomic E-state index is 13.2. The Morgan fingerprint density at radius 3 is 2.68 bits per heavy atom. The lowest BCUT2D eigenvalue weighted by atomic mass is 10.2. The van der Waals surface area contributed by atoms with E-state index in [0.29, 0.717) is 13.0 Å². The molecule has 0 aliphatic carbocycles. The highest BCUT2D eigenvalue weighted by molar-refractivity contribution is 5.93. The van der Waals surface area contributed by atoms with Gasteiger partial charge in [-0.05, 0) is 24.6 Å². The molecule has 104 valence electrons. The van der Waals surface area contributed by atoms with Crippen molar-refractivity contribution in [2.75, 3.05) is 25.5 Å². The Morgan fingerprint density at radius 2 is 2.11 bits per heavy atom. The molecule has 0 spiro atoms. The number of aliphatic hydroxyl groups is 1. The third kappa shape index (κ3) is 4.22. The third-order valence-corrected chi connectivity index (χ3v) is 2.45. The monoisotopic (exact) mass is 270 g/mol. The van der Waals surface area contributed by atoms with Gasteiger partial charge in [0.15, 0.2) is 0 Å². The molecule has 3 N–H and O–H groups in total. The number of nitrogens with zero attached hydrogens (tertiary/aromatic N) is 1. The van der Waals surface area contributed by atoms with Crippen LogP contribution in [-0.2, 0) is 0 Å². The van der Waals surface area contributed by atoms with Crippen LogP contribution in [0.2, 0.25) is 0 Å². The van der Waals surface area contributed by atoms with Gasteiger partial charge in [-0.25, -0.2) is 14.0 Å². The van der Waals surface area contributed by atoms with Crippen molar-refractivity contribution in [2.45, 2.75) is 6.42 Å². The molecule has 0 atom stereocenters. The van der Waals surface area contributed by atoms with Gasteiger partial charge >= 0.3 is 12.0 Å². The normalized spacial score (nSPS) is 10.1. The van der Waals surface area contributed by atoms with E-state index >= 15 is 0 Å². The van der Waals surface area contributed by atoms with E-state index in [2.05, 4.69) is 5.32 Å². The third-order valence-electron chi connectivity index (χ3n) is 2.45. The SMILES string of the molecule is CN(CCCO)C(=O)Nc1ccc(F)c(C(=O)O)c1. The smallest absolute Gasteiger partial charge is 0.338 e. The number of amides is 2. The zero-order chi connectivity index (χ0) is 14.4. The van der Waals surface area contributed by atoms with Gasteiger partial charge in [-0.1, -0.05) is 0 Å². The first kappa shape index (κ1) is 14.9. The topological polar surface area (TPSA) is 89.9 Å². The number of carbonyl (C=O) groups excluding carboxylic acids is 1. The number of hydrogen-bond donors (Lipinski definition) is 3. The second-order valence-corrected chi connectivity index (χ2v) is 3.93. The van der Waals surface area contributed by atoms with Gasteiger partial charge in [0.05, 0.1) is 5.56 Å². The van der Waals surface area contributed by atoms with E-state index in [1.54, 1.807) is 0 Å². The van der Waals surface area contributed by atoms with Crippen molar-refractivity contribution in [1.29, 1.82) is 0 Å². The number of rotatable bonds is 5. The summed E-state index contributed by atoms with van der Waals surface area (Å²) in [5.41, 5.74) is -0.310. The van der Waals surface area contributed by atoms with E-state index in [0.717, 1.165) is 12.1 Å². The van der Waals surface area contributed by atoms with Crippen molar-refractivity contribution in [1.82, 2.24) is 4.90 Å². The molecule has 0 bridgehead atoms. The molecule has 2 amide bonds. The number of aromatic carboxylic acids is 1. The number of anilines is 1. The lowest BCUT2D eigenvalue weighted by Crippen LogP contribution is -2.32. The van der Waals surface area contributed by atoms with Crippen LogP contribution < -0.4 is 5.32 Å². The van der Waals surface area contributed by atoms with E-state index in [4.69, 9.17) is 10.2 Å². The van der Waals surface area contributed by atoms with Crippen molar-refractivity contribution in [3.05, 3.63) is 29.6 Å². The molecule has 0 radical (unpaired) electrons. The average Bonchev–Trinajstić information content (AvgIpc) is 2.37. The predicted molar refractivity (Wildman–Crippen MR) is 66.7 cm³/mol. The van der Waals surface area contributed by atoms with Gasteiger partial charge in [-0.3, -0.25) is 0 Å². The number of nitrogens with one attached hydrogen (secondary N) is 1. The Bertz CT molecular complexity index is 479. The summed E-state index contributed by atoms with van der Waals surface area (Å²) in [6, 6.07) is 2.85. The number of urea groups is 1. The van der Waals surface area contributed by atoms with Gasteiger partial charge < -0.3 is 20.4 Å². The zero-order valence-corrected chi connectivity index (χ0v) is 10.4. The largest absolute Gasteiger partial charge is 0.478 e. The fraction of sp³-hybridized carbons (Fsp3) is 0.333. The standard InChI is InChI=1S/C12H15FN2O4/c1-15(5-2-6-16)12(19)14-8-3-4-10(13)9(7-8)11(17)18/h3-4,7,16H,2,5-6H2,1H3,(H,14,19)(H,17,18). The van der Waals surface area contributed by atoms with Gasteiger partial charge in [-0.2, -0.15) is 0 Å². The van der Waals surface area contributed by atoms with E-state index in [9.17, 15) is 14.0 Å².